The molecule has 9 heteroatoms. The second kappa shape index (κ2) is 7.42. The summed E-state index contributed by atoms with van der Waals surface area (Å²) in [5.41, 5.74) is 5.55. The Balaban J connectivity index is 1.97. The zero-order chi connectivity index (χ0) is 17.7. The second-order valence-corrected chi connectivity index (χ2v) is 5.04. The zero-order valence-corrected chi connectivity index (χ0v) is 12.9. The summed E-state index contributed by atoms with van der Waals surface area (Å²) >= 11 is 5.89. The normalized spacial score (nSPS) is 10.0. The molecule has 0 bridgehead atoms. The van der Waals surface area contributed by atoms with Crippen LogP contribution in [0.1, 0.15) is 10.4 Å². The van der Waals surface area contributed by atoms with Gasteiger partial charge in [-0.2, -0.15) is 0 Å². The molecular weight excluding hydrogens is 338 g/mol. The highest BCUT2D eigenvalue weighted by Gasteiger charge is 2.17. The minimum Gasteiger partial charge on any atom is -0.452 e. The number of ether oxygens (including phenoxy) is 1. The van der Waals surface area contributed by atoms with Gasteiger partial charge in [-0.05, 0) is 18.2 Å². The number of nitro groups is 1. The Morgan fingerprint density at radius 1 is 1.25 bits per heavy atom. The van der Waals surface area contributed by atoms with Crippen molar-refractivity contribution in [2.75, 3.05) is 17.7 Å². The van der Waals surface area contributed by atoms with Crippen LogP contribution in [0, 0.1) is 10.1 Å². The first kappa shape index (κ1) is 17.2. The quantitative estimate of drug-likeness (QED) is 0.370. The Kier molecular flexibility index (Phi) is 5.33. The third kappa shape index (κ3) is 4.20. The van der Waals surface area contributed by atoms with Gasteiger partial charge in [-0.15, -0.1) is 0 Å². The molecule has 24 heavy (non-hydrogen) atoms. The van der Waals surface area contributed by atoms with E-state index in [1.165, 1.54) is 6.07 Å². The van der Waals surface area contributed by atoms with E-state index in [9.17, 15) is 19.7 Å². The molecule has 8 nitrogen and oxygen atoms in total. The van der Waals surface area contributed by atoms with E-state index in [4.69, 9.17) is 22.1 Å². The molecule has 1 amide bonds. The lowest BCUT2D eigenvalue weighted by atomic mass is 10.1. The summed E-state index contributed by atoms with van der Waals surface area (Å²) in [6, 6.07) is 9.91. The van der Waals surface area contributed by atoms with Crippen molar-refractivity contribution in [1.82, 2.24) is 0 Å². The summed E-state index contributed by atoms with van der Waals surface area (Å²) in [5.74, 6) is -1.45. The van der Waals surface area contributed by atoms with Gasteiger partial charge in [-0.3, -0.25) is 14.9 Å². The molecule has 2 aromatic rings. The number of benzene rings is 2. The zero-order valence-electron chi connectivity index (χ0n) is 12.2. The number of nitrogens with zero attached hydrogens (tertiary/aromatic N) is 1. The van der Waals surface area contributed by atoms with Gasteiger partial charge in [0.15, 0.2) is 6.61 Å². The number of anilines is 2. The highest BCUT2D eigenvalue weighted by molar-refractivity contribution is 6.33. The smallest absolute Gasteiger partial charge is 0.340 e. The van der Waals surface area contributed by atoms with E-state index in [2.05, 4.69) is 5.32 Å². The first-order valence-corrected chi connectivity index (χ1v) is 7.01. The number of esters is 1. The van der Waals surface area contributed by atoms with Crippen LogP contribution in [0.25, 0.3) is 0 Å². The topological polar surface area (TPSA) is 125 Å². The van der Waals surface area contributed by atoms with Crippen LogP contribution in [0.15, 0.2) is 42.5 Å². The summed E-state index contributed by atoms with van der Waals surface area (Å²) in [6.45, 7) is -0.555. The van der Waals surface area contributed by atoms with Crippen LogP contribution < -0.4 is 11.1 Å². The predicted octanol–water partition coefficient (Wildman–Crippen LogP) is 2.63. The van der Waals surface area contributed by atoms with E-state index in [1.807, 2.05) is 0 Å². The lowest BCUT2D eigenvalue weighted by Gasteiger charge is -2.08. The maximum absolute atomic E-state index is 11.9. The molecule has 124 valence electrons. The van der Waals surface area contributed by atoms with Crippen molar-refractivity contribution in [3.8, 4) is 0 Å². The molecule has 0 aromatic heterocycles. The SMILES string of the molecule is Nc1cc([N+](=O)[O-])ccc1C(=O)OCC(=O)Nc1ccccc1Cl. The summed E-state index contributed by atoms with van der Waals surface area (Å²) in [6.07, 6.45) is 0. The van der Waals surface area contributed by atoms with Gasteiger partial charge in [0.05, 0.1) is 26.9 Å². The number of rotatable bonds is 5. The highest BCUT2D eigenvalue weighted by atomic mass is 35.5. The average Bonchev–Trinajstić information content (AvgIpc) is 2.54. The number of non-ortho nitro benzene ring substituents is 1. The van der Waals surface area contributed by atoms with Gasteiger partial charge in [0.25, 0.3) is 11.6 Å². The van der Waals surface area contributed by atoms with Crippen molar-refractivity contribution in [3.05, 3.63) is 63.2 Å². The van der Waals surface area contributed by atoms with Crippen molar-refractivity contribution in [3.63, 3.8) is 0 Å². The van der Waals surface area contributed by atoms with Gasteiger partial charge >= 0.3 is 5.97 Å². The van der Waals surface area contributed by atoms with Crippen LogP contribution in [0.4, 0.5) is 17.1 Å². The van der Waals surface area contributed by atoms with Gasteiger partial charge in [0.2, 0.25) is 0 Å². The molecule has 0 saturated carbocycles. The number of nitro benzene ring substituents is 1. The van der Waals surface area contributed by atoms with E-state index in [0.29, 0.717) is 10.7 Å². The maximum Gasteiger partial charge on any atom is 0.340 e. The van der Waals surface area contributed by atoms with E-state index < -0.39 is 23.4 Å². The van der Waals surface area contributed by atoms with Crippen LogP contribution in [-0.2, 0) is 9.53 Å². The predicted molar refractivity (Wildman–Crippen MR) is 87.9 cm³/mol. The van der Waals surface area contributed by atoms with Gasteiger partial charge < -0.3 is 15.8 Å². The van der Waals surface area contributed by atoms with Crippen molar-refractivity contribution in [2.24, 2.45) is 0 Å². The average molecular weight is 350 g/mol. The lowest BCUT2D eigenvalue weighted by Crippen LogP contribution is -2.21. The fraction of sp³-hybridized carbons (Fsp3) is 0.0667. The summed E-state index contributed by atoms with van der Waals surface area (Å²) in [5, 5.41) is 13.5. The fourth-order valence-corrected chi connectivity index (χ4v) is 1.99. The number of para-hydroxylation sites is 1. The highest BCUT2D eigenvalue weighted by Crippen LogP contribution is 2.21. The number of halogens is 1. The maximum atomic E-state index is 11.9. The van der Waals surface area contributed by atoms with Gasteiger partial charge in [0, 0.05) is 12.1 Å². The molecule has 0 spiro atoms. The summed E-state index contributed by atoms with van der Waals surface area (Å²) in [7, 11) is 0. The fourth-order valence-electron chi connectivity index (χ4n) is 1.81. The van der Waals surface area contributed by atoms with Crippen LogP contribution in [-0.4, -0.2) is 23.4 Å². The Hall–Kier alpha value is -3.13. The molecule has 0 radical (unpaired) electrons. The molecule has 0 saturated heterocycles. The summed E-state index contributed by atoms with van der Waals surface area (Å²) < 4.78 is 4.84. The van der Waals surface area contributed by atoms with E-state index in [1.54, 1.807) is 24.3 Å². The standard InChI is InChI=1S/C15H12ClN3O5/c16-11-3-1-2-4-13(11)18-14(20)8-24-15(21)10-6-5-9(19(22)23)7-12(10)17/h1-7H,8,17H2,(H,18,20). The minimum absolute atomic E-state index is 0.0638. The van der Waals surface area contributed by atoms with Crippen molar-refractivity contribution < 1.29 is 19.2 Å². The van der Waals surface area contributed by atoms with E-state index >= 15 is 0 Å². The van der Waals surface area contributed by atoms with Crippen LogP contribution >= 0.6 is 11.6 Å². The number of amides is 1. The number of hydrogen-bond acceptors (Lipinski definition) is 6. The Bertz CT molecular complexity index is 809. The third-order valence-electron chi connectivity index (χ3n) is 2.95. The molecule has 0 aliphatic rings. The molecular formula is C15H12ClN3O5. The second-order valence-electron chi connectivity index (χ2n) is 4.63. The number of carbonyl (C=O) groups is 2. The molecule has 0 aliphatic carbocycles. The Morgan fingerprint density at radius 2 is 1.96 bits per heavy atom. The molecule has 2 rings (SSSR count). The van der Waals surface area contributed by atoms with Crippen molar-refractivity contribution in [2.45, 2.75) is 0 Å². The van der Waals surface area contributed by atoms with Crippen molar-refractivity contribution >= 4 is 40.5 Å². The Labute approximate surface area is 141 Å². The van der Waals surface area contributed by atoms with Gasteiger partial charge in [-0.1, -0.05) is 23.7 Å². The monoisotopic (exact) mass is 349 g/mol. The summed E-state index contributed by atoms with van der Waals surface area (Å²) in [4.78, 5) is 33.6. The molecule has 0 aliphatic heterocycles. The third-order valence-corrected chi connectivity index (χ3v) is 3.28. The molecule has 0 fully saturated rings. The van der Waals surface area contributed by atoms with E-state index in [-0.39, 0.29) is 16.9 Å². The lowest BCUT2D eigenvalue weighted by molar-refractivity contribution is -0.384. The van der Waals surface area contributed by atoms with Gasteiger partial charge in [0.1, 0.15) is 0 Å². The molecule has 3 N–H and O–H groups in total. The number of nitrogens with two attached hydrogens (primary N) is 1. The van der Waals surface area contributed by atoms with Crippen LogP contribution in [0.5, 0.6) is 0 Å². The molecule has 2 aromatic carbocycles. The number of hydrogen-bond donors (Lipinski definition) is 2. The van der Waals surface area contributed by atoms with Crippen LogP contribution in [0.3, 0.4) is 0 Å². The number of nitrogen functional groups attached to an aromatic ring is 1. The van der Waals surface area contributed by atoms with Crippen molar-refractivity contribution in [1.29, 1.82) is 0 Å². The molecule has 0 atom stereocenters. The van der Waals surface area contributed by atoms with E-state index in [0.717, 1.165) is 12.1 Å². The first-order valence-electron chi connectivity index (χ1n) is 6.64. The minimum atomic E-state index is -0.864. The largest absolute Gasteiger partial charge is 0.452 e. The Morgan fingerprint density at radius 3 is 2.58 bits per heavy atom. The van der Waals surface area contributed by atoms with Crippen LogP contribution in [0.2, 0.25) is 5.02 Å². The number of carbonyl (C=O) groups excluding carboxylic acids is 2. The number of nitrogens with one attached hydrogen (secondary N) is 1. The molecule has 0 heterocycles. The first-order chi connectivity index (χ1) is 11.4. The molecule has 0 unspecified atom stereocenters. The van der Waals surface area contributed by atoms with Gasteiger partial charge in [-0.25, -0.2) is 4.79 Å².